The summed E-state index contributed by atoms with van der Waals surface area (Å²) in [6.45, 7) is 2.32. The molecule has 0 radical (unpaired) electrons. The first-order valence-electron chi connectivity index (χ1n) is 8.13. The Morgan fingerprint density at radius 3 is 2.72 bits per heavy atom. The largest absolute Gasteiger partial charge is 0.497 e. The lowest BCUT2D eigenvalue weighted by Gasteiger charge is -2.19. The predicted molar refractivity (Wildman–Crippen MR) is 95.1 cm³/mol. The molecule has 0 bridgehead atoms. The molecular formula is C19H20N2O4. The highest BCUT2D eigenvalue weighted by Gasteiger charge is 2.40. The van der Waals surface area contributed by atoms with E-state index in [1.807, 2.05) is 31.2 Å². The van der Waals surface area contributed by atoms with Gasteiger partial charge in [-0.05, 0) is 31.2 Å². The van der Waals surface area contributed by atoms with Crippen molar-refractivity contribution in [3.8, 4) is 11.5 Å². The van der Waals surface area contributed by atoms with E-state index in [9.17, 15) is 9.59 Å². The molecule has 0 aromatic heterocycles. The Balaban J connectivity index is 1.83. The molecule has 1 aliphatic rings. The Hall–Kier alpha value is -3.02. The van der Waals surface area contributed by atoms with E-state index in [2.05, 4.69) is 5.32 Å². The van der Waals surface area contributed by atoms with Crippen molar-refractivity contribution >= 4 is 23.2 Å². The number of nitrogens with one attached hydrogen (secondary N) is 1. The minimum atomic E-state index is -0.616. The third kappa shape index (κ3) is 3.42. The molecule has 2 aromatic carbocycles. The molecule has 130 valence electrons. The molecule has 6 nitrogen and oxygen atoms in total. The number of para-hydroxylation sites is 2. The van der Waals surface area contributed by atoms with Crippen LogP contribution in [0, 0.1) is 0 Å². The molecule has 0 spiro atoms. The van der Waals surface area contributed by atoms with Crippen LogP contribution in [0.2, 0.25) is 0 Å². The van der Waals surface area contributed by atoms with Crippen molar-refractivity contribution < 1.29 is 19.1 Å². The van der Waals surface area contributed by atoms with Gasteiger partial charge in [-0.2, -0.15) is 0 Å². The summed E-state index contributed by atoms with van der Waals surface area (Å²) in [4.78, 5) is 26.4. The number of ether oxygens (including phenoxy) is 2. The fourth-order valence-electron chi connectivity index (χ4n) is 2.83. The van der Waals surface area contributed by atoms with E-state index in [1.54, 1.807) is 31.4 Å². The highest BCUT2D eigenvalue weighted by Crippen LogP contribution is 2.33. The summed E-state index contributed by atoms with van der Waals surface area (Å²) in [5.74, 6) is 0.659. The smallest absolute Gasteiger partial charge is 0.256 e. The number of hydrogen-bond donors (Lipinski definition) is 1. The van der Waals surface area contributed by atoms with Crippen molar-refractivity contribution in [2.45, 2.75) is 19.4 Å². The third-order valence-corrected chi connectivity index (χ3v) is 3.96. The number of carbonyl (C=O) groups excluding carboxylic acids is 2. The summed E-state index contributed by atoms with van der Waals surface area (Å²) in [6, 6.07) is 13.7. The third-order valence-electron chi connectivity index (χ3n) is 3.96. The molecule has 0 aliphatic carbocycles. The van der Waals surface area contributed by atoms with Crippen LogP contribution in [0.5, 0.6) is 11.5 Å². The maximum absolute atomic E-state index is 12.8. The maximum atomic E-state index is 12.8. The minimum absolute atomic E-state index is 0.0938. The number of rotatable bonds is 6. The normalized spacial score (nSPS) is 16.9. The van der Waals surface area contributed by atoms with Gasteiger partial charge in [0.05, 0.1) is 25.8 Å². The summed E-state index contributed by atoms with van der Waals surface area (Å²) in [6.07, 6.45) is 0.0938. The van der Waals surface area contributed by atoms with Crippen LogP contribution in [0.4, 0.5) is 11.4 Å². The Morgan fingerprint density at radius 1 is 1.16 bits per heavy atom. The average molecular weight is 340 g/mol. The summed E-state index contributed by atoms with van der Waals surface area (Å²) in [5, 5.41) is 3.11. The number of methoxy groups -OCH3 is 1. The molecule has 6 heteroatoms. The fraction of sp³-hybridized carbons (Fsp3) is 0.263. The number of hydrogen-bond acceptors (Lipinski definition) is 5. The van der Waals surface area contributed by atoms with Crippen LogP contribution in [0.3, 0.4) is 0 Å². The van der Waals surface area contributed by atoms with Gasteiger partial charge in [0.1, 0.15) is 17.5 Å². The van der Waals surface area contributed by atoms with Gasteiger partial charge < -0.3 is 14.8 Å². The average Bonchev–Trinajstić information content (AvgIpc) is 2.89. The number of benzene rings is 2. The number of imide groups is 1. The summed E-state index contributed by atoms with van der Waals surface area (Å²) in [5.41, 5.74) is 1.21. The quantitative estimate of drug-likeness (QED) is 0.819. The summed E-state index contributed by atoms with van der Waals surface area (Å²) < 4.78 is 10.7. The van der Waals surface area contributed by atoms with Crippen LogP contribution in [-0.4, -0.2) is 31.6 Å². The zero-order chi connectivity index (χ0) is 17.8. The fourth-order valence-corrected chi connectivity index (χ4v) is 2.83. The van der Waals surface area contributed by atoms with E-state index in [0.717, 1.165) is 5.69 Å². The molecule has 1 atom stereocenters. The van der Waals surface area contributed by atoms with E-state index < -0.39 is 6.04 Å². The highest BCUT2D eigenvalue weighted by atomic mass is 16.5. The van der Waals surface area contributed by atoms with Crippen molar-refractivity contribution in [1.82, 2.24) is 0 Å². The van der Waals surface area contributed by atoms with Gasteiger partial charge >= 0.3 is 0 Å². The minimum Gasteiger partial charge on any atom is -0.497 e. The van der Waals surface area contributed by atoms with Gasteiger partial charge in [-0.15, -0.1) is 0 Å². The molecule has 0 unspecified atom stereocenters. The number of nitrogens with zero attached hydrogens (tertiary/aromatic N) is 1. The van der Waals surface area contributed by atoms with Gasteiger partial charge in [0, 0.05) is 11.8 Å². The molecule has 25 heavy (non-hydrogen) atoms. The van der Waals surface area contributed by atoms with Gasteiger partial charge in [-0.1, -0.05) is 18.2 Å². The van der Waals surface area contributed by atoms with Crippen LogP contribution in [-0.2, 0) is 9.59 Å². The van der Waals surface area contributed by atoms with Crippen LogP contribution < -0.4 is 19.7 Å². The van der Waals surface area contributed by atoms with E-state index in [1.165, 1.54) is 4.90 Å². The molecule has 3 rings (SSSR count). The summed E-state index contributed by atoms with van der Waals surface area (Å²) >= 11 is 0. The lowest BCUT2D eigenvalue weighted by atomic mass is 10.2. The first-order valence-corrected chi connectivity index (χ1v) is 8.13. The van der Waals surface area contributed by atoms with Crippen molar-refractivity contribution in [2.75, 3.05) is 23.9 Å². The molecule has 1 N–H and O–H groups in total. The lowest BCUT2D eigenvalue weighted by Crippen LogP contribution is -2.35. The van der Waals surface area contributed by atoms with Crippen molar-refractivity contribution in [3.05, 3.63) is 48.5 Å². The molecule has 1 fully saturated rings. The number of carbonyl (C=O) groups is 2. The van der Waals surface area contributed by atoms with Gasteiger partial charge in [0.15, 0.2) is 0 Å². The molecule has 1 heterocycles. The van der Waals surface area contributed by atoms with Crippen LogP contribution >= 0.6 is 0 Å². The van der Waals surface area contributed by atoms with Gasteiger partial charge in [-0.25, -0.2) is 4.90 Å². The molecule has 0 saturated carbocycles. The number of anilines is 2. The van der Waals surface area contributed by atoms with Crippen molar-refractivity contribution in [3.63, 3.8) is 0 Å². The van der Waals surface area contributed by atoms with Gasteiger partial charge in [-0.3, -0.25) is 9.59 Å². The molecule has 1 saturated heterocycles. The Kier molecular flexibility index (Phi) is 4.88. The topological polar surface area (TPSA) is 67.9 Å². The molecule has 1 aliphatic heterocycles. The monoisotopic (exact) mass is 340 g/mol. The first kappa shape index (κ1) is 16.8. The molecule has 2 aromatic rings. The van der Waals surface area contributed by atoms with Crippen molar-refractivity contribution in [1.29, 1.82) is 0 Å². The lowest BCUT2D eigenvalue weighted by molar-refractivity contribution is -0.121. The van der Waals surface area contributed by atoms with Crippen LogP contribution in [0.15, 0.2) is 48.5 Å². The van der Waals surface area contributed by atoms with Crippen LogP contribution in [0.1, 0.15) is 13.3 Å². The van der Waals surface area contributed by atoms with E-state index in [0.29, 0.717) is 23.8 Å². The Labute approximate surface area is 146 Å². The molecular weight excluding hydrogens is 320 g/mol. The zero-order valence-corrected chi connectivity index (χ0v) is 14.2. The standard InChI is InChI=1S/C19H20N2O4/c1-3-25-17-10-5-4-9-16(17)21-18(22)12-15(19(21)23)20-13-7-6-8-14(11-13)24-2/h4-11,15,20H,3,12H2,1-2H3/t15-/m0/s1. The zero-order valence-electron chi connectivity index (χ0n) is 14.2. The first-order chi connectivity index (χ1) is 12.1. The summed E-state index contributed by atoms with van der Waals surface area (Å²) in [7, 11) is 1.58. The second kappa shape index (κ2) is 7.25. The van der Waals surface area contributed by atoms with Gasteiger partial charge in [0.2, 0.25) is 5.91 Å². The second-order valence-corrected chi connectivity index (χ2v) is 5.60. The highest BCUT2D eigenvalue weighted by molar-refractivity contribution is 6.23. The maximum Gasteiger partial charge on any atom is 0.256 e. The van der Waals surface area contributed by atoms with E-state index in [4.69, 9.17) is 9.47 Å². The van der Waals surface area contributed by atoms with E-state index in [-0.39, 0.29) is 18.2 Å². The Morgan fingerprint density at radius 2 is 1.96 bits per heavy atom. The predicted octanol–water partition coefficient (Wildman–Crippen LogP) is 2.84. The van der Waals surface area contributed by atoms with E-state index >= 15 is 0 Å². The van der Waals surface area contributed by atoms with Crippen LogP contribution in [0.25, 0.3) is 0 Å². The van der Waals surface area contributed by atoms with Gasteiger partial charge in [0.25, 0.3) is 5.91 Å². The number of amides is 2. The SMILES string of the molecule is CCOc1ccccc1N1C(=O)C[C@H](Nc2cccc(OC)c2)C1=O. The molecule has 2 amide bonds. The Bertz CT molecular complexity index is 790. The van der Waals surface area contributed by atoms with Crippen molar-refractivity contribution in [2.24, 2.45) is 0 Å². The second-order valence-electron chi connectivity index (χ2n) is 5.60.